The van der Waals surface area contributed by atoms with Crippen molar-refractivity contribution < 1.29 is 14.7 Å². The van der Waals surface area contributed by atoms with Gasteiger partial charge in [-0.2, -0.15) is 0 Å². The number of allylic oxidation sites excluding steroid dienone is 2. The van der Waals surface area contributed by atoms with Crippen molar-refractivity contribution in [2.45, 2.75) is 33.6 Å². The quantitative estimate of drug-likeness (QED) is 0.666. The highest BCUT2D eigenvalue weighted by Crippen LogP contribution is 2.18. The third kappa shape index (κ3) is 5.51. The first-order valence-electron chi connectivity index (χ1n) is 4.84. The number of carbonyl (C=O) groups excluding carboxylic acids is 1. The van der Waals surface area contributed by atoms with Crippen molar-refractivity contribution in [1.82, 2.24) is 0 Å². The third-order valence-electron chi connectivity index (χ3n) is 2.34. The number of ketones is 1. The lowest BCUT2D eigenvalue weighted by atomic mass is 9.89. The molecule has 3 heteroatoms. The Morgan fingerprint density at radius 1 is 1.21 bits per heavy atom. The lowest BCUT2D eigenvalue weighted by Crippen LogP contribution is -2.15. The number of hydrogen-bond donors (Lipinski definition) is 1. The van der Waals surface area contributed by atoms with Gasteiger partial charge in [0.2, 0.25) is 0 Å². The van der Waals surface area contributed by atoms with Gasteiger partial charge < -0.3 is 5.11 Å². The van der Waals surface area contributed by atoms with Gasteiger partial charge >= 0.3 is 5.97 Å². The second kappa shape index (κ2) is 6.35. The summed E-state index contributed by atoms with van der Waals surface area (Å²) in [5.74, 6) is -0.573. The standard InChI is InChI=1S/C11H18O3/c1-4-5-10(12)6-8(2)9(3)7-11(13)14/h4-5,8-9H,6-7H2,1-3H3,(H,13,14)/b5-4+. The summed E-state index contributed by atoms with van der Waals surface area (Å²) < 4.78 is 0. The van der Waals surface area contributed by atoms with Gasteiger partial charge in [0, 0.05) is 12.8 Å². The summed E-state index contributed by atoms with van der Waals surface area (Å²) in [6.07, 6.45) is 3.80. The summed E-state index contributed by atoms with van der Waals surface area (Å²) in [6, 6.07) is 0. The Morgan fingerprint density at radius 3 is 2.14 bits per heavy atom. The fourth-order valence-corrected chi connectivity index (χ4v) is 1.25. The molecule has 2 atom stereocenters. The SMILES string of the molecule is C/C=C/C(=O)CC(C)C(C)CC(=O)O. The fourth-order valence-electron chi connectivity index (χ4n) is 1.25. The van der Waals surface area contributed by atoms with Crippen LogP contribution < -0.4 is 0 Å². The molecule has 0 heterocycles. The highest BCUT2D eigenvalue weighted by molar-refractivity contribution is 5.89. The summed E-state index contributed by atoms with van der Waals surface area (Å²) in [5, 5.41) is 8.57. The molecule has 3 nitrogen and oxygen atoms in total. The van der Waals surface area contributed by atoms with Crippen LogP contribution in [-0.2, 0) is 9.59 Å². The summed E-state index contributed by atoms with van der Waals surface area (Å²) in [4.78, 5) is 21.6. The average Bonchev–Trinajstić information content (AvgIpc) is 2.02. The molecule has 14 heavy (non-hydrogen) atoms. The number of hydrogen-bond acceptors (Lipinski definition) is 2. The first-order valence-corrected chi connectivity index (χ1v) is 4.84. The third-order valence-corrected chi connectivity index (χ3v) is 2.34. The summed E-state index contributed by atoms with van der Waals surface area (Å²) in [5.41, 5.74) is 0. The molecule has 0 aromatic rings. The van der Waals surface area contributed by atoms with Crippen LogP contribution >= 0.6 is 0 Å². The van der Waals surface area contributed by atoms with Crippen molar-refractivity contribution in [2.24, 2.45) is 11.8 Å². The lowest BCUT2D eigenvalue weighted by Gasteiger charge is -2.16. The maximum Gasteiger partial charge on any atom is 0.303 e. The first-order chi connectivity index (χ1) is 6.47. The van der Waals surface area contributed by atoms with Crippen molar-refractivity contribution in [3.63, 3.8) is 0 Å². The maximum atomic E-state index is 11.2. The van der Waals surface area contributed by atoms with Crippen LogP contribution in [0.15, 0.2) is 12.2 Å². The molecule has 0 rings (SSSR count). The number of rotatable bonds is 6. The Morgan fingerprint density at radius 2 is 1.71 bits per heavy atom. The first kappa shape index (κ1) is 12.9. The van der Waals surface area contributed by atoms with Gasteiger partial charge in [0.05, 0.1) is 0 Å². The fraction of sp³-hybridized carbons (Fsp3) is 0.636. The van der Waals surface area contributed by atoms with Crippen molar-refractivity contribution in [2.75, 3.05) is 0 Å². The molecule has 0 saturated carbocycles. The van der Waals surface area contributed by atoms with Crippen LogP contribution in [0.4, 0.5) is 0 Å². The van der Waals surface area contributed by atoms with Crippen molar-refractivity contribution >= 4 is 11.8 Å². The van der Waals surface area contributed by atoms with Gasteiger partial charge in [-0.3, -0.25) is 9.59 Å². The lowest BCUT2D eigenvalue weighted by molar-refractivity contribution is -0.138. The minimum Gasteiger partial charge on any atom is -0.481 e. The molecule has 0 saturated heterocycles. The summed E-state index contributed by atoms with van der Waals surface area (Å²) in [6.45, 7) is 5.57. The van der Waals surface area contributed by atoms with Crippen LogP contribution in [0.3, 0.4) is 0 Å². The molecule has 0 aliphatic carbocycles. The van der Waals surface area contributed by atoms with Gasteiger partial charge in [-0.1, -0.05) is 19.9 Å². The van der Waals surface area contributed by atoms with Gasteiger partial charge in [-0.25, -0.2) is 0 Å². The van der Waals surface area contributed by atoms with Gasteiger partial charge in [0.15, 0.2) is 5.78 Å². The topological polar surface area (TPSA) is 54.4 Å². The van der Waals surface area contributed by atoms with Gasteiger partial charge in [-0.05, 0) is 24.8 Å². The molecule has 80 valence electrons. The molecule has 1 N–H and O–H groups in total. The Hall–Kier alpha value is -1.12. The summed E-state index contributed by atoms with van der Waals surface area (Å²) >= 11 is 0. The zero-order chi connectivity index (χ0) is 11.1. The predicted molar refractivity (Wildman–Crippen MR) is 55.0 cm³/mol. The highest BCUT2D eigenvalue weighted by Gasteiger charge is 2.17. The Labute approximate surface area is 84.8 Å². The number of carbonyl (C=O) groups is 2. The van der Waals surface area contributed by atoms with Crippen LogP contribution in [0.5, 0.6) is 0 Å². The molecule has 0 radical (unpaired) electrons. The van der Waals surface area contributed by atoms with Crippen LogP contribution in [0.2, 0.25) is 0 Å². The predicted octanol–water partition coefficient (Wildman–Crippen LogP) is 2.27. The van der Waals surface area contributed by atoms with E-state index in [4.69, 9.17) is 5.11 Å². The van der Waals surface area contributed by atoms with E-state index in [1.54, 1.807) is 13.0 Å². The van der Waals surface area contributed by atoms with E-state index in [1.165, 1.54) is 6.08 Å². The molecular formula is C11H18O3. The Kier molecular flexibility index (Phi) is 5.84. The molecule has 0 bridgehead atoms. The second-order valence-electron chi connectivity index (χ2n) is 3.72. The van der Waals surface area contributed by atoms with Crippen molar-refractivity contribution in [3.05, 3.63) is 12.2 Å². The molecule has 0 spiro atoms. The van der Waals surface area contributed by atoms with Crippen LogP contribution in [0, 0.1) is 11.8 Å². The van der Waals surface area contributed by atoms with E-state index >= 15 is 0 Å². The molecule has 0 aliphatic rings. The molecule has 0 aromatic carbocycles. The monoisotopic (exact) mass is 198 g/mol. The van der Waals surface area contributed by atoms with E-state index in [0.29, 0.717) is 6.42 Å². The highest BCUT2D eigenvalue weighted by atomic mass is 16.4. The van der Waals surface area contributed by atoms with E-state index in [-0.39, 0.29) is 24.0 Å². The Balaban J connectivity index is 4.00. The van der Waals surface area contributed by atoms with Crippen molar-refractivity contribution in [1.29, 1.82) is 0 Å². The molecule has 0 aliphatic heterocycles. The van der Waals surface area contributed by atoms with Crippen LogP contribution in [0.25, 0.3) is 0 Å². The van der Waals surface area contributed by atoms with Crippen molar-refractivity contribution in [3.8, 4) is 0 Å². The van der Waals surface area contributed by atoms with Gasteiger partial charge in [-0.15, -0.1) is 0 Å². The van der Waals surface area contributed by atoms with Gasteiger partial charge in [0.25, 0.3) is 0 Å². The molecule has 2 unspecified atom stereocenters. The van der Waals surface area contributed by atoms with E-state index in [1.807, 2.05) is 13.8 Å². The van der Waals surface area contributed by atoms with Gasteiger partial charge in [0.1, 0.15) is 0 Å². The minimum atomic E-state index is -0.803. The van der Waals surface area contributed by atoms with Crippen LogP contribution in [-0.4, -0.2) is 16.9 Å². The number of carboxylic acid groups (broad SMARTS) is 1. The molecular weight excluding hydrogens is 180 g/mol. The minimum absolute atomic E-state index is 0.0432. The normalized spacial score (nSPS) is 15.4. The van der Waals surface area contributed by atoms with E-state index in [0.717, 1.165) is 0 Å². The molecule has 0 amide bonds. The Bertz CT molecular complexity index is 231. The maximum absolute atomic E-state index is 11.2. The molecule has 0 aromatic heterocycles. The van der Waals surface area contributed by atoms with Crippen LogP contribution in [0.1, 0.15) is 33.6 Å². The number of carboxylic acids is 1. The summed E-state index contributed by atoms with van der Waals surface area (Å²) in [7, 11) is 0. The van der Waals surface area contributed by atoms with E-state index in [2.05, 4.69) is 0 Å². The average molecular weight is 198 g/mol. The largest absolute Gasteiger partial charge is 0.481 e. The zero-order valence-corrected chi connectivity index (χ0v) is 8.99. The molecule has 0 fully saturated rings. The zero-order valence-electron chi connectivity index (χ0n) is 8.99. The van der Waals surface area contributed by atoms with E-state index in [9.17, 15) is 9.59 Å². The second-order valence-corrected chi connectivity index (χ2v) is 3.72. The number of aliphatic carboxylic acids is 1. The smallest absolute Gasteiger partial charge is 0.303 e. The van der Waals surface area contributed by atoms with E-state index < -0.39 is 5.97 Å².